The van der Waals surface area contributed by atoms with Crippen molar-refractivity contribution in [2.45, 2.75) is 0 Å². The first-order valence-corrected chi connectivity index (χ1v) is 8.19. The maximum atomic E-state index is 12.4. The summed E-state index contributed by atoms with van der Waals surface area (Å²) in [6.07, 6.45) is 1.65. The monoisotopic (exact) mass is 364 g/mol. The zero-order valence-corrected chi connectivity index (χ0v) is 14.0. The van der Waals surface area contributed by atoms with Crippen LogP contribution in [-0.2, 0) is 0 Å². The third kappa shape index (κ3) is 4.01. The standard InChI is InChI=1S/C16H10Cl2N2O2S/c17-11-4-5-13(18)14(9-11)20-15(21)10-2-1-3-12(8-10)22-16-19-6-7-23-16/h1-9H,(H,20,21). The van der Waals surface area contributed by atoms with Crippen molar-refractivity contribution in [1.82, 2.24) is 4.98 Å². The number of amides is 1. The number of hydrogen-bond donors (Lipinski definition) is 1. The molecule has 0 aliphatic heterocycles. The molecule has 116 valence electrons. The lowest BCUT2D eigenvalue weighted by molar-refractivity contribution is 0.102. The summed E-state index contributed by atoms with van der Waals surface area (Å²) in [6.45, 7) is 0. The van der Waals surface area contributed by atoms with E-state index in [1.165, 1.54) is 11.3 Å². The van der Waals surface area contributed by atoms with Gasteiger partial charge in [-0.3, -0.25) is 4.79 Å². The summed E-state index contributed by atoms with van der Waals surface area (Å²) in [7, 11) is 0. The molecule has 1 amide bonds. The van der Waals surface area contributed by atoms with Gasteiger partial charge in [-0.15, -0.1) is 0 Å². The maximum Gasteiger partial charge on any atom is 0.278 e. The number of rotatable bonds is 4. The van der Waals surface area contributed by atoms with Crippen LogP contribution in [0.1, 0.15) is 10.4 Å². The Hall–Kier alpha value is -2.08. The van der Waals surface area contributed by atoms with Gasteiger partial charge in [0.2, 0.25) is 0 Å². The van der Waals surface area contributed by atoms with Gasteiger partial charge in [0, 0.05) is 22.2 Å². The van der Waals surface area contributed by atoms with E-state index in [0.29, 0.717) is 32.2 Å². The van der Waals surface area contributed by atoms with Crippen molar-refractivity contribution in [3.63, 3.8) is 0 Å². The number of carbonyl (C=O) groups excluding carboxylic acids is 1. The van der Waals surface area contributed by atoms with E-state index in [2.05, 4.69) is 10.3 Å². The quantitative estimate of drug-likeness (QED) is 0.665. The first-order valence-electron chi connectivity index (χ1n) is 6.55. The van der Waals surface area contributed by atoms with Crippen LogP contribution in [0.4, 0.5) is 5.69 Å². The van der Waals surface area contributed by atoms with Crippen LogP contribution in [0.25, 0.3) is 0 Å². The van der Waals surface area contributed by atoms with Crippen LogP contribution >= 0.6 is 34.5 Å². The Balaban J connectivity index is 1.78. The van der Waals surface area contributed by atoms with Gasteiger partial charge in [-0.25, -0.2) is 4.98 Å². The molecule has 0 fully saturated rings. The highest BCUT2D eigenvalue weighted by molar-refractivity contribution is 7.11. The number of anilines is 1. The molecular weight excluding hydrogens is 355 g/mol. The molecule has 0 bridgehead atoms. The molecule has 0 saturated heterocycles. The van der Waals surface area contributed by atoms with Crippen LogP contribution in [-0.4, -0.2) is 10.9 Å². The van der Waals surface area contributed by atoms with Gasteiger partial charge >= 0.3 is 0 Å². The van der Waals surface area contributed by atoms with Gasteiger partial charge in [-0.05, 0) is 36.4 Å². The SMILES string of the molecule is O=C(Nc1cc(Cl)ccc1Cl)c1cccc(Oc2nccs2)c1. The summed E-state index contributed by atoms with van der Waals surface area (Å²) >= 11 is 13.3. The summed E-state index contributed by atoms with van der Waals surface area (Å²) < 4.78 is 5.58. The van der Waals surface area contributed by atoms with Crippen molar-refractivity contribution >= 4 is 46.1 Å². The van der Waals surface area contributed by atoms with E-state index in [1.807, 2.05) is 5.38 Å². The number of carbonyl (C=O) groups is 1. The van der Waals surface area contributed by atoms with E-state index in [-0.39, 0.29) is 5.91 Å². The fraction of sp³-hybridized carbons (Fsp3) is 0. The summed E-state index contributed by atoms with van der Waals surface area (Å²) in [5.74, 6) is 0.226. The molecule has 0 saturated carbocycles. The average Bonchev–Trinajstić information content (AvgIpc) is 3.04. The minimum Gasteiger partial charge on any atom is -0.431 e. The number of benzene rings is 2. The fourth-order valence-electron chi connectivity index (χ4n) is 1.85. The summed E-state index contributed by atoms with van der Waals surface area (Å²) in [4.78, 5) is 16.4. The van der Waals surface area contributed by atoms with Crippen molar-refractivity contribution in [2.75, 3.05) is 5.32 Å². The molecule has 2 aromatic carbocycles. The molecule has 1 N–H and O–H groups in total. The van der Waals surface area contributed by atoms with Gasteiger partial charge in [-0.1, -0.05) is 40.6 Å². The third-order valence-corrected chi connectivity index (χ3v) is 4.10. The highest BCUT2D eigenvalue weighted by atomic mass is 35.5. The Bertz CT molecular complexity index is 838. The van der Waals surface area contributed by atoms with Crippen molar-refractivity contribution in [3.05, 3.63) is 69.7 Å². The first kappa shape index (κ1) is 15.8. The molecule has 3 rings (SSSR count). The van der Waals surface area contributed by atoms with Gasteiger partial charge in [0.1, 0.15) is 5.75 Å². The number of ether oxygens (including phenoxy) is 1. The lowest BCUT2D eigenvalue weighted by Crippen LogP contribution is -2.12. The second-order valence-corrected chi connectivity index (χ2v) is 6.21. The van der Waals surface area contributed by atoms with Gasteiger partial charge in [-0.2, -0.15) is 0 Å². The summed E-state index contributed by atoms with van der Waals surface area (Å²) in [5, 5.41) is 5.96. The lowest BCUT2D eigenvalue weighted by Gasteiger charge is -2.09. The smallest absolute Gasteiger partial charge is 0.278 e. The third-order valence-electron chi connectivity index (χ3n) is 2.89. The Labute approximate surface area is 146 Å². The Morgan fingerprint density at radius 1 is 1.17 bits per heavy atom. The van der Waals surface area contributed by atoms with Crippen molar-refractivity contribution < 1.29 is 9.53 Å². The van der Waals surface area contributed by atoms with Crippen LogP contribution in [0.15, 0.2) is 54.0 Å². The van der Waals surface area contributed by atoms with Crippen LogP contribution in [0, 0.1) is 0 Å². The maximum absolute atomic E-state index is 12.4. The van der Waals surface area contributed by atoms with Crippen molar-refractivity contribution in [1.29, 1.82) is 0 Å². The van der Waals surface area contributed by atoms with Crippen LogP contribution in [0.3, 0.4) is 0 Å². The van der Waals surface area contributed by atoms with Gasteiger partial charge in [0.15, 0.2) is 0 Å². The molecule has 3 aromatic rings. The van der Waals surface area contributed by atoms with Gasteiger partial charge in [0.25, 0.3) is 11.1 Å². The Morgan fingerprint density at radius 2 is 2.04 bits per heavy atom. The van der Waals surface area contributed by atoms with E-state index >= 15 is 0 Å². The highest BCUT2D eigenvalue weighted by Crippen LogP contribution is 2.27. The Kier molecular flexibility index (Phi) is 4.81. The molecule has 0 atom stereocenters. The molecule has 0 aliphatic rings. The van der Waals surface area contributed by atoms with E-state index in [4.69, 9.17) is 27.9 Å². The second-order valence-electron chi connectivity index (χ2n) is 4.51. The molecule has 7 heteroatoms. The molecule has 23 heavy (non-hydrogen) atoms. The zero-order chi connectivity index (χ0) is 16.2. The molecule has 0 spiro atoms. The fourth-order valence-corrected chi connectivity index (χ4v) is 2.69. The number of halogens is 2. The molecular formula is C16H10Cl2N2O2S. The molecule has 4 nitrogen and oxygen atoms in total. The van der Waals surface area contributed by atoms with E-state index in [0.717, 1.165) is 0 Å². The predicted molar refractivity (Wildman–Crippen MR) is 93.0 cm³/mol. The normalized spacial score (nSPS) is 10.3. The topological polar surface area (TPSA) is 51.2 Å². The predicted octanol–water partition coefficient (Wildman–Crippen LogP) is 5.49. The van der Waals surface area contributed by atoms with Crippen LogP contribution < -0.4 is 10.1 Å². The average molecular weight is 365 g/mol. The molecule has 0 radical (unpaired) electrons. The first-order chi connectivity index (χ1) is 11.1. The van der Waals surface area contributed by atoms with Gasteiger partial charge < -0.3 is 10.1 Å². The highest BCUT2D eigenvalue weighted by Gasteiger charge is 2.10. The number of aromatic nitrogens is 1. The van der Waals surface area contributed by atoms with E-state index in [1.54, 1.807) is 48.7 Å². The van der Waals surface area contributed by atoms with E-state index < -0.39 is 0 Å². The largest absolute Gasteiger partial charge is 0.431 e. The zero-order valence-electron chi connectivity index (χ0n) is 11.6. The molecule has 0 aliphatic carbocycles. The number of thiazole rings is 1. The molecule has 1 aromatic heterocycles. The number of nitrogens with one attached hydrogen (secondary N) is 1. The lowest BCUT2D eigenvalue weighted by atomic mass is 10.2. The number of nitrogens with zero attached hydrogens (tertiary/aromatic N) is 1. The van der Waals surface area contributed by atoms with Gasteiger partial charge in [0.05, 0.1) is 10.7 Å². The minimum absolute atomic E-state index is 0.307. The van der Waals surface area contributed by atoms with Crippen molar-refractivity contribution in [3.8, 4) is 10.9 Å². The number of hydrogen-bond acceptors (Lipinski definition) is 4. The Morgan fingerprint density at radius 3 is 2.83 bits per heavy atom. The molecule has 1 heterocycles. The molecule has 0 unspecified atom stereocenters. The second kappa shape index (κ2) is 7.00. The summed E-state index contributed by atoms with van der Waals surface area (Å²) in [5.41, 5.74) is 0.894. The summed E-state index contributed by atoms with van der Waals surface area (Å²) in [6, 6.07) is 11.7. The van der Waals surface area contributed by atoms with E-state index in [9.17, 15) is 4.79 Å². The minimum atomic E-state index is -0.307. The van der Waals surface area contributed by atoms with Crippen LogP contribution in [0.5, 0.6) is 10.9 Å². The van der Waals surface area contributed by atoms with Crippen LogP contribution in [0.2, 0.25) is 10.0 Å². The van der Waals surface area contributed by atoms with Crippen molar-refractivity contribution in [2.24, 2.45) is 0 Å².